The normalized spacial score (nSPS) is 17.6. The van der Waals surface area contributed by atoms with E-state index in [1.54, 1.807) is 30.5 Å². The maximum absolute atomic E-state index is 13.2. The molecule has 3 aromatic heterocycles. The molecule has 1 aromatic carbocycles. The molecule has 0 bridgehead atoms. The van der Waals surface area contributed by atoms with Gasteiger partial charge in [0.25, 0.3) is 5.91 Å². The summed E-state index contributed by atoms with van der Waals surface area (Å²) in [6.45, 7) is 7.50. The summed E-state index contributed by atoms with van der Waals surface area (Å²) in [6, 6.07) is 10.9. The minimum atomic E-state index is -0.292. The summed E-state index contributed by atoms with van der Waals surface area (Å²) < 4.78 is 7.47. The summed E-state index contributed by atoms with van der Waals surface area (Å²) >= 11 is 0. The third-order valence-corrected chi connectivity index (χ3v) is 7.22. The van der Waals surface area contributed by atoms with Crippen LogP contribution in [-0.4, -0.2) is 86.9 Å². The molecule has 2 aliphatic heterocycles. The third kappa shape index (κ3) is 5.25. The van der Waals surface area contributed by atoms with Crippen molar-refractivity contribution in [2.24, 2.45) is 0 Å². The van der Waals surface area contributed by atoms with E-state index in [0.717, 1.165) is 48.5 Å². The van der Waals surface area contributed by atoms with Crippen LogP contribution in [0.5, 0.6) is 0 Å². The fraction of sp³-hybridized carbons (Fsp3) is 0.321. The smallest absolute Gasteiger partial charge is 0.253 e. The number of likely N-dealkylation sites (tertiary alicyclic amines) is 1. The topological polar surface area (TPSA) is 133 Å². The lowest BCUT2D eigenvalue weighted by Gasteiger charge is -2.33. The largest absolute Gasteiger partial charge is 0.378 e. The highest BCUT2D eigenvalue weighted by atomic mass is 16.5. The Morgan fingerprint density at radius 2 is 1.93 bits per heavy atom. The van der Waals surface area contributed by atoms with Gasteiger partial charge >= 0.3 is 0 Å². The van der Waals surface area contributed by atoms with E-state index in [2.05, 4.69) is 38.4 Å². The highest BCUT2D eigenvalue weighted by Gasteiger charge is 2.26. The van der Waals surface area contributed by atoms with Crippen molar-refractivity contribution in [2.75, 3.05) is 54.9 Å². The second kappa shape index (κ2) is 11.2. The summed E-state index contributed by atoms with van der Waals surface area (Å²) in [5, 5.41) is 18.1. The van der Waals surface area contributed by atoms with E-state index in [1.165, 1.54) is 6.08 Å². The molecule has 0 spiro atoms. The van der Waals surface area contributed by atoms with Crippen LogP contribution in [0.25, 0.3) is 16.8 Å². The number of aromatic amines is 1. The molecule has 12 nitrogen and oxygen atoms in total. The Labute approximate surface area is 231 Å². The fourth-order valence-electron chi connectivity index (χ4n) is 5.23. The van der Waals surface area contributed by atoms with E-state index >= 15 is 0 Å². The van der Waals surface area contributed by atoms with Crippen LogP contribution >= 0.6 is 0 Å². The Hall–Kier alpha value is -4.71. The van der Waals surface area contributed by atoms with Gasteiger partial charge in [0.1, 0.15) is 5.82 Å². The van der Waals surface area contributed by atoms with Gasteiger partial charge in [-0.15, -0.1) is 5.10 Å². The zero-order chi connectivity index (χ0) is 27.5. The molecule has 206 valence electrons. The number of nitrogens with one attached hydrogen (secondary N) is 3. The number of amides is 2. The summed E-state index contributed by atoms with van der Waals surface area (Å²) in [5.41, 5.74) is 3.92. The summed E-state index contributed by atoms with van der Waals surface area (Å²) in [5.74, 6) is 1.14. The molecule has 5 heterocycles. The molecule has 0 radical (unpaired) electrons. The molecule has 2 aliphatic rings. The number of ether oxygens (including phenoxy) is 1. The number of H-pyrrole nitrogens is 1. The van der Waals surface area contributed by atoms with Crippen LogP contribution in [0.1, 0.15) is 23.2 Å². The third-order valence-electron chi connectivity index (χ3n) is 7.22. The standard InChI is InChI=1S/C28H31N9O3/c1-2-25(38)31-21-7-5-19(6-8-21)27(39)36-11-3-4-22(18-36)32-28-33-24-10-9-23(20-16-29-30-17-20)26(37(24)34-28)35-12-14-40-15-13-35/h2,5-10,16-17,22H,1,3-4,11-15,18H2,(H,29,30)(H,31,38)(H,32,34)/t22-/m1/s1. The Bertz CT molecular complexity index is 1510. The average Bonchev–Trinajstić information content (AvgIpc) is 3.67. The first-order chi connectivity index (χ1) is 19.6. The molecule has 3 N–H and O–H groups in total. The number of rotatable bonds is 7. The number of morpholine rings is 1. The van der Waals surface area contributed by atoms with Crippen LogP contribution < -0.4 is 15.5 Å². The van der Waals surface area contributed by atoms with Crippen molar-refractivity contribution < 1.29 is 14.3 Å². The van der Waals surface area contributed by atoms with E-state index in [1.807, 2.05) is 21.7 Å². The van der Waals surface area contributed by atoms with Crippen molar-refractivity contribution in [2.45, 2.75) is 18.9 Å². The van der Waals surface area contributed by atoms with Gasteiger partial charge in [0.2, 0.25) is 11.9 Å². The predicted molar refractivity (Wildman–Crippen MR) is 151 cm³/mol. The molecule has 12 heteroatoms. The Morgan fingerprint density at radius 1 is 1.10 bits per heavy atom. The first-order valence-electron chi connectivity index (χ1n) is 13.4. The number of fused-ring (bicyclic) bond motifs is 1. The van der Waals surface area contributed by atoms with Crippen molar-refractivity contribution in [1.82, 2.24) is 29.7 Å². The lowest BCUT2D eigenvalue weighted by Crippen LogP contribution is -2.45. The van der Waals surface area contributed by atoms with Crippen molar-refractivity contribution >= 4 is 34.9 Å². The van der Waals surface area contributed by atoms with E-state index in [0.29, 0.717) is 43.5 Å². The molecule has 0 saturated carbocycles. The van der Waals surface area contributed by atoms with Gasteiger partial charge in [0.05, 0.1) is 19.4 Å². The van der Waals surface area contributed by atoms with E-state index in [4.69, 9.17) is 14.8 Å². The van der Waals surface area contributed by atoms with Crippen LogP contribution in [0.15, 0.2) is 61.4 Å². The molecular weight excluding hydrogens is 510 g/mol. The second-order valence-electron chi connectivity index (χ2n) is 9.87. The van der Waals surface area contributed by atoms with E-state index in [9.17, 15) is 9.59 Å². The molecule has 2 fully saturated rings. The van der Waals surface area contributed by atoms with Gasteiger partial charge in [0.15, 0.2) is 5.65 Å². The number of benzene rings is 1. The van der Waals surface area contributed by atoms with Gasteiger partial charge in [-0.05, 0) is 55.3 Å². The molecule has 6 rings (SSSR count). The zero-order valence-electron chi connectivity index (χ0n) is 22.0. The molecule has 4 aromatic rings. The number of hydrogen-bond acceptors (Lipinski definition) is 8. The highest BCUT2D eigenvalue weighted by molar-refractivity contribution is 5.99. The van der Waals surface area contributed by atoms with Crippen LogP contribution in [0.4, 0.5) is 17.5 Å². The minimum absolute atomic E-state index is 0.0152. The zero-order valence-corrected chi connectivity index (χ0v) is 22.0. The van der Waals surface area contributed by atoms with Crippen molar-refractivity contribution in [3.8, 4) is 11.1 Å². The number of aromatic nitrogens is 5. The Morgan fingerprint density at radius 3 is 2.67 bits per heavy atom. The van der Waals surface area contributed by atoms with Crippen molar-refractivity contribution in [1.29, 1.82) is 0 Å². The van der Waals surface area contributed by atoms with Crippen LogP contribution in [0.3, 0.4) is 0 Å². The molecular formula is C28H31N9O3. The van der Waals surface area contributed by atoms with Crippen LogP contribution in [0.2, 0.25) is 0 Å². The van der Waals surface area contributed by atoms with Gasteiger partial charge in [-0.25, -0.2) is 0 Å². The number of carbonyl (C=O) groups excluding carboxylic acids is 2. The van der Waals surface area contributed by atoms with E-state index in [-0.39, 0.29) is 17.9 Å². The number of hydrogen-bond donors (Lipinski definition) is 3. The lowest BCUT2D eigenvalue weighted by molar-refractivity contribution is -0.111. The maximum atomic E-state index is 13.2. The molecule has 2 saturated heterocycles. The number of nitrogens with zero attached hydrogens (tertiary/aromatic N) is 6. The Kier molecular flexibility index (Phi) is 7.15. The summed E-state index contributed by atoms with van der Waals surface area (Å²) in [7, 11) is 0. The van der Waals surface area contributed by atoms with Gasteiger partial charge in [-0.2, -0.15) is 14.6 Å². The number of anilines is 3. The first-order valence-corrected chi connectivity index (χ1v) is 13.4. The fourth-order valence-corrected chi connectivity index (χ4v) is 5.23. The number of carbonyl (C=O) groups is 2. The van der Waals surface area contributed by atoms with Gasteiger partial charge in [0, 0.05) is 60.8 Å². The van der Waals surface area contributed by atoms with E-state index < -0.39 is 0 Å². The van der Waals surface area contributed by atoms with Gasteiger partial charge in [-0.1, -0.05) is 6.58 Å². The number of pyridine rings is 1. The molecule has 0 unspecified atom stereocenters. The lowest BCUT2D eigenvalue weighted by atomic mass is 10.0. The Balaban J connectivity index is 1.19. The molecule has 40 heavy (non-hydrogen) atoms. The quantitative estimate of drug-likeness (QED) is 0.304. The maximum Gasteiger partial charge on any atom is 0.253 e. The summed E-state index contributed by atoms with van der Waals surface area (Å²) in [6.07, 6.45) is 6.66. The number of piperidine rings is 1. The first kappa shape index (κ1) is 25.6. The second-order valence-corrected chi connectivity index (χ2v) is 9.87. The molecule has 0 aliphatic carbocycles. The highest BCUT2D eigenvalue weighted by Crippen LogP contribution is 2.32. The average molecular weight is 542 g/mol. The predicted octanol–water partition coefficient (Wildman–Crippen LogP) is 2.80. The summed E-state index contributed by atoms with van der Waals surface area (Å²) in [4.78, 5) is 33.6. The van der Waals surface area contributed by atoms with Crippen LogP contribution in [0, 0.1) is 0 Å². The van der Waals surface area contributed by atoms with Crippen LogP contribution in [-0.2, 0) is 9.53 Å². The molecule has 2 amide bonds. The van der Waals surface area contributed by atoms with Gasteiger partial charge in [-0.3, -0.25) is 14.7 Å². The minimum Gasteiger partial charge on any atom is -0.378 e. The SMILES string of the molecule is C=CC(=O)Nc1ccc(C(=O)N2CCC[C@@H](Nc3nc4ccc(-c5cn[nH]c5)c(N5CCOCC5)n4n3)C2)cc1. The van der Waals surface area contributed by atoms with Crippen molar-refractivity contribution in [3.05, 3.63) is 67.0 Å². The monoisotopic (exact) mass is 541 g/mol. The molecule has 1 atom stereocenters. The van der Waals surface area contributed by atoms with Gasteiger partial charge < -0.3 is 25.2 Å². The van der Waals surface area contributed by atoms with Crippen molar-refractivity contribution in [3.63, 3.8) is 0 Å².